The first-order chi connectivity index (χ1) is 5.17. The molecule has 1 aliphatic heterocycles. The third kappa shape index (κ3) is 1.77. The molecule has 1 heterocycles. The number of nitrogens with zero attached hydrogens (tertiary/aromatic N) is 1. The van der Waals surface area contributed by atoms with Crippen LogP contribution in [-0.2, 0) is 9.84 Å². The summed E-state index contributed by atoms with van der Waals surface area (Å²) >= 11 is 0. The molecule has 0 aromatic carbocycles. The van der Waals surface area contributed by atoms with E-state index in [2.05, 4.69) is 11.6 Å². The van der Waals surface area contributed by atoms with Crippen LogP contribution in [0.3, 0.4) is 0 Å². The highest BCUT2D eigenvalue weighted by Gasteiger charge is 2.20. The van der Waals surface area contributed by atoms with Gasteiger partial charge in [0, 0.05) is 17.8 Å². The Morgan fingerprint density at radius 2 is 2.36 bits per heavy atom. The van der Waals surface area contributed by atoms with Crippen LogP contribution >= 0.6 is 0 Å². The van der Waals surface area contributed by atoms with E-state index >= 15 is 0 Å². The van der Waals surface area contributed by atoms with Crippen LogP contribution in [0.4, 0.5) is 0 Å². The van der Waals surface area contributed by atoms with E-state index in [1.165, 1.54) is 12.4 Å². The number of aliphatic imine (C=N–C) groups is 1. The molecule has 11 heavy (non-hydrogen) atoms. The second kappa shape index (κ2) is 3.00. The highest BCUT2D eigenvalue weighted by molar-refractivity contribution is 7.95. The SMILES string of the molecule is C=CCC1C=NC=CS1(=O)=O. The summed E-state index contributed by atoms with van der Waals surface area (Å²) in [4.78, 5) is 3.74. The van der Waals surface area contributed by atoms with Gasteiger partial charge in [-0.1, -0.05) is 6.08 Å². The molecular weight excluding hydrogens is 162 g/mol. The Hall–Kier alpha value is -0.900. The highest BCUT2D eigenvalue weighted by atomic mass is 32.2. The monoisotopic (exact) mass is 171 g/mol. The van der Waals surface area contributed by atoms with Gasteiger partial charge in [0.15, 0.2) is 9.84 Å². The maximum absolute atomic E-state index is 11.1. The Morgan fingerprint density at radius 3 is 2.91 bits per heavy atom. The summed E-state index contributed by atoms with van der Waals surface area (Å²) in [6.45, 7) is 3.47. The maximum Gasteiger partial charge on any atom is 0.181 e. The topological polar surface area (TPSA) is 46.5 Å². The van der Waals surface area contributed by atoms with Crippen molar-refractivity contribution in [3.8, 4) is 0 Å². The molecule has 0 fully saturated rings. The Bertz CT molecular complexity index is 300. The minimum Gasteiger partial charge on any atom is -0.267 e. The average Bonchev–Trinajstić information content (AvgIpc) is 1.94. The van der Waals surface area contributed by atoms with E-state index < -0.39 is 15.1 Å². The maximum atomic E-state index is 11.1. The molecule has 1 unspecified atom stereocenters. The quantitative estimate of drug-likeness (QED) is 0.579. The number of sulfone groups is 1. The molecule has 60 valence electrons. The van der Waals surface area contributed by atoms with Crippen LogP contribution in [0.25, 0.3) is 0 Å². The number of hydrogen-bond donors (Lipinski definition) is 0. The molecule has 4 heteroatoms. The lowest BCUT2D eigenvalue weighted by Crippen LogP contribution is -2.21. The van der Waals surface area contributed by atoms with Crippen molar-refractivity contribution in [2.24, 2.45) is 4.99 Å². The summed E-state index contributed by atoms with van der Waals surface area (Å²) in [5, 5.41) is 0.617. The van der Waals surface area contributed by atoms with Crippen molar-refractivity contribution in [2.75, 3.05) is 0 Å². The number of hydrogen-bond acceptors (Lipinski definition) is 3. The summed E-state index contributed by atoms with van der Waals surface area (Å²) in [5.41, 5.74) is 0. The van der Waals surface area contributed by atoms with Gasteiger partial charge in [-0.3, -0.25) is 4.99 Å². The van der Waals surface area contributed by atoms with Gasteiger partial charge in [0.05, 0.1) is 0 Å². The summed E-state index contributed by atoms with van der Waals surface area (Å²) in [5.74, 6) is 0. The average molecular weight is 171 g/mol. The minimum absolute atomic E-state index is 0.427. The fourth-order valence-corrected chi connectivity index (χ4v) is 1.90. The third-order valence-electron chi connectivity index (χ3n) is 1.41. The molecule has 0 saturated heterocycles. The summed E-state index contributed by atoms with van der Waals surface area (Å²) in [6, 6.07) is 0. The second-order valence-electron chi connectivity index (χ2n) is 2.24. The van der Waals surface area contributed by atoms with Crippen molar-refractivity contribution in [3.05, 3.63) is 24.3 Å². The molecule has 0 N–H and O–H groups in total. The fourth-order valence-electron chi connectivity index (χ4n) is 0.811. The van der Waals surface area contributed by atoms with Crippen LogP contribution in [0.1, 0.15) is 6.42 Å². The summed E-state index contributed by atoms with van der Waals surface area (Å²) < 4.78 is 22.3. The van der Waals surface area contributed by atoms with E-state index in [1.54, 1.807) is 6.08 Å². The van der Waals surface area contributed by atoms with Crippen molar-refractivity contribution in [2.45, 2.75) is 11.7 Å². The molecule has 0 aromatic heterocycles. The van der Waals surface area contributed by atoms with Gasteiger partial charge in [-0.05, 0) is 6.42 Å². The lowest BCUT2D eigenvalue weighted by atomic mass is 10.3. The molecule has 0 bridgehead atoms. The first-order valence-electron chi connectivity index (χ1n) is 3.21. The second-order valence-corrected chi connectivity index (χ2v) is 4.29. The van der Waals surface area contributed by atoms with Crippen molar-refractivity contribution in [1.29, 1.82) is 0 Å². The molecule has 1 atom stereocenters. The van der Waals surface area contributed by atoms with E-state index in [-0.39, 0.29) is 0 Å². The lowest BCUT2D eigenvalue weighted by Gasteiger charge is -2.09. The van der Waals surface area contributed by atoms with Crippen LogP contribution in [0.15, 0.2) is 29.3 Å². The van der Waals surface area contributed by atoms with Crippen LogP contribution in [0.5, 0.6) is 0 Å². The van der Waals surface area contributed by atoms with Crippen molar-refractivity contribution >= 4 is 16.1 Å². The molecule has 0 amide bonds. The molecule has 1 aliphatic rings. The van der Waals surface area contributed by atoms with E-state index in [0.29, 0.717) is 6.42 Å². The van der Waals surface area contributed by atoms with Gasteiger partial charge in [-0.25, -0.2) is 8.42 Å². The Labute approximate surface area is 66.1 Å². The summed E-state index contributed by atoms with van der Waals surface area (Å²) in [6.07, 6.45) is 4.72. The van der Waals surface area contributed by atoms with Crippen molar-refractivity contribution < 1.29 is 8.42 Å². The van der Waals surface area contributed by atoms with E-state index in [0.717, 1.165) is 5.41 Å². The standard InChI is InChI=1S/C7H9NO2S/c1-2-3-7-6-8-4-5-11(7,9)10/h2,4-7H,1,3H2. The molecule has 3 nitrogen and oxygen atoms in total. The van der Waals surface area contributed by atoms with Crippen molar-refractivity contribution in [3.63, 3.8) is 0 Å². The van der Waals surface area contributed by atoms with Crippen LogP contribution in [0, 0.1) is 0 Å². The van der Waals surface area contributed by atoms with Crippen LogP contribution < -0.4 is 0 Å². The highest BCUT2D eigenvalue weighted by Crippen LogP contribution is 2.10. The van der Waals surface area contributed by atoms with Gasteiger partial charge < -0.3 is 0 Å². The van der Waals surface area contributed by atoms with E-state index in [4.69, 9.17) is 0 Å². The Kier molecular flexibility index (Phi) is 2.24. The van der Waals surface area contributed by atoms with Gasteiger partial charge in [0.1, 0.15) is 5.25 Å². The van der Waals surface area contributed by atoms with Crippen molar-refractivity contribution in [1.82, 2.24) is 0 Å². The largest absolute Gasteiger partial charge is 0.267 e. The van der Waals surface area contributed by atoms with Crippen LogP contribution in [0.2, 0.25) is 0 Å². The molecule has 0 radical (unpaired) electrons. The van der Waals surface area contributed by atoms with Gasteiger partial charge >= 0.3 is 0 Å². The van der Waals surface area contributed by atoms with Gasteiger partial charge in [0.25, 0.3) is 0 Å². The first kappa shape index (κ1) is 8.20. The van der Waals surface area contributed by atoms with E-state index in [9.17, 15) is 8.42 Å². The Balaban J connectivity index is 2.89. The molecule has 0 aliphatic carbocycles. The molecule has 0 aromatic rings. The zero-order chi connectivity index (χ0) is 8.32. The lowest BCUT2D eigenvalue weighted by molar-refractivity contribution is 0.599. The fraction of sp³-hybridized carbons (Fsp3) is 0.286. The predicted octanol–water partition coefficient (Wildman–Crippen LogP) is 0.901. The predicted molar refractivity (Wildman–Crippen MR) is 45.2 cm³/mol. The van der Waals surface area contributed by atoms with Gasteiger partial charge in [0.2, 0.25) is 0 Å². The molecule has 0 spiro atoms. The van der Waals surface area contributed by atoms with E-state index in [1.807, 2.05) is 0 Å². The zero-order valence-corrected chi connectivity index (χ0v) is 6.79. The molecule has 1 rings (SSSR count). The smallest absolute Gasteiger partial charge is 0.181 e. The van der Waals surface area contributed by atoms with Gasteiger partial charge in [-0.2, -0.15) is 0 Å². The van der Waals surface area contributed by atoms with Crippen LogP contribution in [-0.4, -0.2) is 19.9 Å². The zero-order valence-electron chi connectivity index (χ0n) is 5.97. The summed E-state index contributed by atoms with van der Waals surface area (Å²) in [7, 11) is -3.09. The van der Waals surface area contributed by atoms with Gasteiger partial charge in [-0.15, -0.1) is 6.58 Å². The molecular formula is C7H9NO2S. The number of allylic oxidation sites excluding steroid dienone is 1. The number of rotatable bonds is 2. The molecule has 0 saturated carbocycles. The Morgan fingerprint density at radius 1 is 1.64 bits per heavy atom. The third-order valence-corrected chi connectivity index (χ3v) is 3.07. The minimum atomic E-state index is -3.09. The first-order valence-corrected chi connectivity index (χ1v) is 4.82. The normalized spacial score (nSPS) is 26.7.